The van der Waals surface area contributed by atoms with Gasteiger partial charge in [0, 0.05) is 30.6 Å². The van der Waals surface area contributed by atoms with Crippen molar-refractivity contribution in [1.29, 1.82) is 0 Å². The Bertz CT molecular complexity index is 939. The smallest absolute Gasteiger partial charge is 0.295 e. The maximum absolute atomic E-state index is 12.8. The largest absolute Gasteiger partial charge is 0.507 e. The second kappa shape index (κ2) is 8.27. The zero-order valence-electron chi connectivity index (χ0n) is 15.2. The second-order valence-electron chi connectivity index (χ2n) is 6.39. The number of nitrogens with zero attached hydrogens (tertiary/aromatic N) is 1. The van der Waals surface area contributed by atoms with Crippen molar-refractivity contribution in [3.63, 3.8) is 0 Å². The number of benzene rings is 2. The monoisotopic (exact) mass is 398 g/mol. The minimum absolute atomic E-state index is 0.0151. The number of rotatable bonds is 5. The summed E-state index contributed by atoms with van der Waals surface area (Å²) in [6.07, 6.45) is 0. The summed E-state index contributed by atoms with van der Waals surface area (Å²) in [6.45, 7) is 1.70. The maximum atomic E-state index is 12.8. The fourth-order valence-electron chi connectivity index (χ4n) is 3.21. The third-order valence-electron chi connectivity index (χ3n) is 4.50. The van der Waals surface area contributed by atoms with Crippen LogP contribution < -0.4 is 5.32 Å². The molecule has 28 heavy (non-hydrogen) atoms. The first-order valence-corrected chi connectivity index (χ1v) is 9.11. The first-order chi connectivity index (χ1) is 13.4. The molecular formula is C21H19ClN2O4. The van der Waals surface area contributed by atoms with E-state index in [1.54, 1.807) is 54.6 Å². The van der Waals surface area contributed by atoms with E-state index in [9.17, 15) is 19.5 Å². The summed E-state index contributed by atoms with van der Waals surface area (Å²) in [5.74, 6) is -1.95. The van der Waals surface area contributed by atoms with Crippen molar-refractivity contribution in [2.75, 3.05) is 13.1 Å². The molecule has 1 aliphatic rings. The number of hydrogen-bond acceptors (Lipinski definition) is 4. The number of nitrogens with one attached hydrogen (secondary N) is 1. The lowest BCUT2D eigenvalue weighted by Crippen LogP contribution is -2.37. The van der Waals surface area contributed by atoms with Gasteiger partial charge in [-0.25, -0.2) is 0 Å². The van der Waals surface area contributed by atoms with Crippen molar-refractivity contribution in [3.05, 3.63) is 76.3 Å². The van der Waals surface area contributed by atoms with Gasteiger partial charge in [0.2, 0.25) is 5.91 Å². The Kier molecular flexibility index (Phi) is 5.80. The number of carbonyl (C=O) groups is 3. The van der Waals surface area contributed by atoms with Gasteiger partial charge in [0.1, 0.15) is 5.76 Å². The molecule has 1 unspecified atom stereocenters. The van der Waals surface area contributed by atoms with Gasteiger partial charge < -0.3 is 15.3 Å². The minimum atomic E-state index is -0.772. The number of ketones is 1. The van der Waals surface area contributed by atoms with Gasteiger partial charge in [0.05, 0.1) is 11.6 Å². The van der Waals surface area contributed by atoms with Gasteiger partial charge >= 0.3 is 0 Å². The molecule has 1 fully saturated rings. The molecule has 1 atom stereocenters. The number of carbonyl (C=O) groups excluding carboxylic acids is 3. The normalized spacial score (nSPS) is 18.4. The van der Waals surface area contributed by atoms with E-state index in [1.807, 2.05) is 0 Å². The molecule has 2 amide bonds. The van der Waals surface area contributed by atoms with Crippen LogP contribution in [0.4, 0.5) is 0 Å². The molecule has 1 saturated heterocycles. The van der Waals surface area contributed by atoms with Crippen LogP contribution >= 0.6 is 11.6 Å². The molecule has 0 saturated carbocycles. The number of likely N-dealkylation sites (tertiary alicyclic amines) is 1. The summed E-state index contributed by atoms with van der Waals surface area (Å²) < 4.78 is 0. The van der Waals surface area contributed by atoms with Crippen molar-refractivity contribution < 1.29 is 19.5 Å². The van der Waals surface area contributed by atoms with E-state index in [-0.39, 0.29) is 30.3 Å². The van der Waals surface area contributed by atoms with Crippen LogP contribution in [0.1, 0.15) is 24.1 Å². The summed E-state index contributed by atoms with van der Waals surface area (Å²) in [5, 5.41) is 13.9. The van der Waals surface area contributed by atoms with Crippen LogP contribution in [0.2, 0.25) is 5.02 Å². The van der Waals surface area contributed by atoms with Crippen LogP contribution in [0.25, 0.3) is 5.76 Å². The fraction of sp³-hybridized carbons (Fsp3) is 0.190. The molecule has 144 valence electrons. The van der Waals surface area contributed by atoms with E-state index < -0.39 is 17.7 Å². The summed E-state index contributed by atoms with van der Waals surface area (Å²) in [5.41, 5.74) is 1.10. The summed E-state index contributed by atoms with van der Waals surface area (Å²) in [7, 11) is 0. The number of Topliss-reactive ketones (excluding diaryl/α,β-unsaturated/α-hetero) is 1. The molecule has 0 spiro atoms. The van der Waals surface area contributed by atoms with Crippen LogP contribution in [-0.4, -0.2) is 40.7 Å². The SMILES string of the molecule is CC(=O)NCCN1C(=O)C(=O)/C(=C(/O)c2ccccc2)C1c1ccc(Cl)cc1. The molecule has 1 heterocycles. The molecule has 2 N–H and O–H groups in total. The summed E-state index contributed by atoms with van der Waals surface area (Å²) in [6, 6.07) is 14.6. The van der Waals surface area contributed by atoms with Gasteiger partial charge in [0.25, 0.3) is 11.7 Å². The van der Waals surface area contributed by atoms with Crippen LogP contribution in [0, 0.1) is 0 Å². The highest BCUT2D eigenvalue weighted by atomic mass is 35.5. The van der Waals surface area contributed by atoms with Crippen LogP contribution in [-0.2, 0) is 14.4 Å². The molecule has 2 aromatic rings. The Morgan fingerprint density at radius 1 is 1.11 bits per heavy atom. The number of aliphatic hydroxyl groups excluding tert-OH is 1. The van der Waals surface area contributed by atoms with Crippen molar-refractivity contribution >= 4 is 35.0 Å². The van der Waals surface area contributed by atoms with E-state index in [1.165, 1.54) is 11.8 Å². The zero-order valence-corrected chi connectivity index (χ0v) is 15.9. The van der Waals surface area contributed by atoms with Gasteiger partial charge in [-0.3, -0.25) is 14.4 Å². The van der Waals surface area contributed by atoms with Crippen molar-refractivity contribution in [1.82, 2.24) is 10.2 Å². The zero-order chi connectivity index (χ0) is 20.3. The lowest BCUT2D eigenvalue weighted by Gasteiger charge is -2.25. The van der Waals surface area contributed by atoms with Gasteiger partial charge in [-0.1, -0.05) is 54.1 Å². The molecule has 6 nitrogen and oxygen atoms in total. The lowest BCUT2D eigenvalue weighted by atomic mass is 9.95. The molecule has 0 bridgehead atoms. The second-order valence-corrected chi connectivity index (χ2v) is 6.83. The number of hydrogen-bond donors (Lipinski definition) is 2. The molecule has 1 aliphatic heterocycles. The Hall–Kier alpha value is -3.12. The quantitative estimate of drug-likeness (QED) is 0.460. The summed E-state index contributed by atoms with van der Waals surface area (Å²) in [4.78, 5) is 37.9. The Morgan fingerprint density at radius 3 is 2.36 bits per heavy atom. The molecule has 7 heteroatoms. The van der Waals surface area contributed by atoms with E-state index in [0.29, 0.717) is 16.1 Å². The van der Waals surface area contributed by atoms with E-state index >= 15 is 0 Å². The molecular weight excluding hydrogens is 380 g/mol. The van der Waals surface area contributed by atoms with E-state index in [0.717, 1.165) is 0 Å². The molecule has 3 rings (SSSR count). The molecule has 0 aliphatic carbocycles. The van der Waals surface area contributed by atoms with Crippen molar-refractivity contribution in [2.24, 2.45) is 0 Å². The van der Waals surface area contributed by atoms with Crippen molar-refractivity contribution in [3.8, 4) is 0 Å². The molecule has 0 radical (unpaired) electrons. The van der Waals surface area contributed by atoms with Crippen LogP contribution in [0.3, 0.4) is 0 Å². The third-order valence-corrected chi connectivity index (χ3v) is 4.75. The molecule has 0 aromatic heterocycles. The van der Waals surface area contributed by atoms with Gasteiger partial charge in [-0.2, -0.15) is 0 Å². The van der Waals surface area contributed by atoms with Crippen LogP contribution in [0.15, 0.2) is 60.2 Å². The average Bonchev–Trinajstić information content (AvgIpc) is 2.93. The highest BCUT2D eigenvalue weighted by Crippen LogP contribution is 2.39. The van der Waals surface area contributed by atoms with Gasteiger partial charge in [-0.05, 0) is 17.7 Å². The Morgan fingerprint density at radius 2 is 1.75 bits per heavy atom. The van der Waals surface area contributed by atoms with E-state index in [2.05, 4.69) is 5.32 Å². The lowest BCUT2D eigenvalue weighted by molar-refractivity contribution is -0.139. The van der Waals surface area contributed by atoms with Gasteiger partial charge in [0.15, 0.2) is 0 Å². The highest BCUT2D eigenvalue weighted by molar-refractivity contribution is 6.46. The topological polar surface area (TPSA) is 86.7 Å². The Labute approximate surface area is 167 Å². The first-order valence-electron chi connectivity index (χ1n) is 8.74. The molecule has 2 aromatic carbocycles. The van der Waals surface area contributed by atoms with E-state index in [4.69, 9.17) is 11.6 Å². The van der Waals surface area contributed by atoms with Gasteiger partial charge in [-0.15, -0.1) is 0 Å². The number of halogens is 1. The minimum Gasteiger partial charge on any atom is -0.507 e. The third kappa shape index (κ3) is 3.92. The standard InChI is InChI=1S/C21H19ClN2O4/c1-13(25)23-11-12-24-18(14-7-9-16(22)10-8-14)17(20(27)21(24)28)19(26)15-5-3-2-4-6-15/h2-10,18,26H,11-12H2,1H3,(H,23,25)/b19-17+. The first kappa shape index (κ1) is 19.6. The predicted molar refractivity (Wildman–Crippen MR) is 106 cm³/mol. The number of amides is 2. The van der Waals surface area contributed by atoms with Crippen LogP contribution in [0.5, 0.6) is 0 Å². The average molecular weight is 399 g/mol. The fourth-order valence-corrected chi connectivity index (χ4v) is 3.33. The highest BCUT2D eigenvalue weighted by Gasteiger charge is 2.45. The van der Waals surface area contributed by atoms with Crippen molar-refractivity contribution in [2.45, 2.75) is 13.0 Å². The Balaban J connectivity index is 2.08. The summed E-state index contributed by atoms with van der Waals surface area (Å²) >= 11 is 5.97. The maximum Gasteiger partial charge on any atom is 0.295 e. The predicted octanol–water partition coefficient (Wildman–Crippen LogP) is 2.90. The number of aliphatic hydroxyl groups is 1.